The molecule has 0 saturated carbocycles. The maximum Gasteiger partial charge on any atom is 0.257 e. The van der Waals surface area contributed by atoms with E-state index in [2.05, 4.69) is 22.5 Å². The van der Waals surface area contributed by atoms with Crippen molar-refractivity contribution in [1.82, 2.24) is 19.8 Å². The Labute approximate surface area is 189 Å². The first-order valence-corrected chi connectivity index (χ1v) is 11.5. The molecule has 2 aliphatic heterocycles. The molecule has 2 aliphatic rings. The molecule has 1 unspecified atom stereocenters. The Kier molecular flexibility index (Phi) is 6.93. The first-order valence-electron chi connectivity index (χ1n) is 11.5. The minimum absolute atomic E-state index is 0.000123. The summed E-state index contributed by atoms with van der Waals surface area (Å²) in [6.07, 6.45) is 12.3. The lowest BCUT2D eigenvalue weighted by atomic mass is 9.76. The number of amides is 2. The minimum Gasteiger partial charge on any atom is -0.483 e. The summed E-state index contributed by atoms with van der Waals surface area (Å²) in [6.45, 7) is 4.29. The number of aryl methyl sites for hydroxylation is 1. The van der Waals surface area contributed by atoms with Gasteiger partial charge in [-0.15, -0.1) is 0 Å². The van der Waals surface area contributed by atoms with E-state index in [9.17, 15) is 9.59 Å². The number of aromatic nitrogens is 2. The lowest BCUT2D eigenvalue weighted by Crippen LogP contribution is -2.52. The molecule has 1 fully saturated rings. The van der Waals surface area contributed by atoms with Gasteiger partial charge >= 0.3 is 0 Å². The van der Waals surface area contributed by atoms with Crippen molar-refractivity contribution >= 4 is 11.8 Å². The molecule has 1 atom stereocenters. The number of fused-ring (bicyclic) bond motifs is 1. The number of ether oxygens (including phenoxy) is 1. The Morgan fingerprint density at radius 3 is 3.03 bits per heavy atom. The Bertz CT molecular complexity index is 983. The zero-order valence-electron chi connectivity index (χ0n) is 18.8. The van der Waals surface area contributed by atoms with Crippen molar-refractivity contribution in [2.24, 2.45) is 5.41 Å². The van der Waals surface area contributed by atoms with Crippen LogP contribution in [0.2, 0.25) is 0 Å². The molecule has 32 heavy (non-hydrogen) atoms. The monoisotopic (exact) mass is 436 g/mol. The number of nitrogens with zero attached hydrogens (tertiary/aromatic N) is 3. The molecular formula is C25H32N4O3. The van der Waals surface area contributed by atoms with E-state index < -0.39 is 0 Å². The summed E-state index contributed by atoms with van der Waals surface area (Å²) in [6, 6.07) is 7.83. The van der Waals surface area contributed by atoms with Gasteiger partial charge in [0.15, 0.2) is 6.61 Å². The van der Waals surface area contributed by atoms with Crippen molar-refractivity contribution < 1.29 is 14.3 Å². The van der Waals surface area contributed by atoms with Gasteiger partial charge in [0.2, 0.25) is 5.91 Å². The number of rotatable bonds is 3. The van der Waals surface area contributed by atoms with Crippen LogP contribution < -0.4 is 10.1 Å². The summed E-state index contributed by atoms with van der Waals surface area (Å²) in [4.78, 5) is 31.9. The average molecular weight is 437 g/mol. The second-order valence-corrected chi connectivity index (χ2v) is 8.80. The van der Waals surface area contributed by atoms with Gasteiger partial charge < -0.3 is 19.5 Å². The van der Waals surface area contributed by atoms with Gasteiger partial charge in [-0.1, -0.05) is 37.3 Å². The molecule has 0 bridgehead atoms. The third-order valence-electron chi connectivity index (χ3n) is 6.48. The highest BCUT2D eigenvalue weighted by Gasteiger charge is 2.36. The number of piperidine rings is 1. The first kappa shape index (κ1) is 22.1. The van der Waals surface area contributed by atoms with Crippen molar-refractivity contribution in [1.29, 1.82) is 0 Å². The Morgan fingerprint density at radius 1 is 1.28 bits per heavy atom. The van der Waals surface area contributed by atoms with Crippen LogP contribution in [-0.2, 0) is 29.0 Å². The number of hydrogen-bond donors (Lipinski definition) is 1. The fraction of sp³-hybridized carbons (Fsp3) is 0.480. The minimum atomic E-state index is -0.165. The number of para-hydroxylation sites is 1. The van der Waals surface area contributed by atoms with Crippen molar-refractivity contribution in [3.63, 3.8) is 0 Å². The molecule has 170 valence electrons. The van der Waals surface area contributed by atoms with Gasteiger partial charge in [-0.05, 0) is 37.3 Å². The van der Waals surface area contributed by atoms with Crippen LogP contribution in [0.15, 0.2) is 48.8 Å². The number of carbonyl (C=O) groups excluding carboxylic acids is 2. The molecule has 1 spiro atoms. The smallest absolute Gasteiger partial charge is 0.257 e. The lowest BCUT2D eigenvalue weighted by Gasteiger charge is -2.43. The van der Waals surface area contributed by atoms with Crippen LogP contribution in [0.4, 0.5) is 0 Å². The SMILES string of the molecule is CCc1nccn1CC(=O)N1CCCC2(C/C=C/Cc3ccccc3OCC(=O)NC2)C1. The van der Waals surface area contributed by atoms with Gasteiger partial charge in [0.25, 0.3) is 5.91 Å². The standard InChI is InChI=1S/C25H32N4O3/c1-2-22-26-13-15-28(22)16-24(31)29-14-7-12-25(19-29)11-6-5-9-20-8-3-4-10-21(20)32-17-23(30)27-18-25/h3-6,8,10,13,15H,2,7,9,11-12,14,16-19H2,1H3,(H,27,30)/b6-5+. The summed E-state index contributed by atoms with van der Waals surface area (Å²) in [5.41, 5.74) is 0.903. The third kappa shape index (κ3) is 5.21. The highest BCUT2D eigenvalue weighted by molar-refractivity contribution is 5.78. The Balaban J connectivity index is 1.48. The van der Waals surface area contributed by atoms with Crippen LogP contribution in [-0.4, -0.2) is 52.5 Å². The number of nitrogens with one attached hydrogen (secondary N) is 1. The molecule has 7 nitrogen and oxygen atoms in total. The normalized spacial score (nSPS) is 22.8. The molecule has 1 N–H and O–H groups in total. The van der Waals surface area contributed by atoms with E-state index in [-0.39, 0.29) is 23.8 Å². The van der Waals surface area contributed by atoms with Crippen LogP contribution in [0.1, 0.15) is 37.6 Å². The van der Waals surface area contributed by atoms with E-state index in [1.54, 1.807) is 6.20 Å². The molecule has 1 aromatic carbocycles. The molecule has 0 aliphatic carbocycles. The van der Waals surface area contributed by atoms with E-state index in [0.29, 0.717) is 19.6 Å². The van der Waals surface area contributed by atoms with Crippen molar-refractivity contribution in [3.8, 4) is 5.75 Å². The summed E-state index contributed by atoms with van der Waals surface area (Å²) in [5, 5.41) is 3.06. The fourth-order valence-corrected chi connectivity index (χ4v) is 4.69. The molecule has 0 radical (unpaired) electrons. The quantitative estimate of drug-likeness (QED) is 0.751. The van der Waals surface area contributed by atoms with Gasteiger partial charge in [0.05, 0.1) is 0 Å². The second-order valence-electron chi connectivity index (χ2n) is 8.80. The van der Waals surface area contributed by atoms with Gasteiger partial charge in [-0.2, -0.15) is 0 Å². The summed E-state index contributed by atoms with van der Waals surface area (Å²) < 4.78 is 7.70. The molecule has 3 heterocycles. The third-order valence-corrected chi connectivity index (χ3v) is 6.48. The molecule has 7 heteroatoms. The van der Waals surface area contributed by atoms with E-state index >= 15 is 0 Å². The Morgan fingerprint density at radius 2 is 2.16 bits per heavy atom. The van der Waals surface area contributed by atoms with Crippen molar-refractivity contribution in [3.05, 3.63) is 60.2 Å². The predicted molar refractivity (Wildman–Crippen MR) is 122 cm³/mol. The van der Waals surface area contributed by atoms with Crippen LogP contribution >= 0.6 is 0 Å². The summed E-state index contributed by atoms with van der Waals surface area (Å²) >= 11 is 0. The van der Waals surface area contributed by atoms with Crippen LogP contribution in [0, 0.1) is 5.41 Å². The summed E-state index contributed by atoms with van der Waals surface area (Å²) in [5.74, 6) is 1.66. The topological polar surface area (TPSA) is 76.5 Å². The molecule has 2 aromatic rings. The lowest BCUT2D eigenvalue weighted by molar-refractivity contribution is -0.135. The zero-order chi connectivity index (χ0) is 22.4. The van der Waals surface area contributed by atoms with Crippen molar-refractivity contribution in [2.75, 3.05) is 26.2 Å². The highest BCUT2D eigenvalue weighted by Crippen LogP contribution is 2.34. The largest absolute Gasteiger partial charge is 0.483 e. The van der Waals surface area contributed by atoms with Crippen LogP contribution in [0.5, 0.6) is 5.75 Å². The second kappa shape index (κ2) is 10.0. The number of likely N-dealkylation sites (tertiary alicyclic amines) is 1. The van der Waals surface area contributed by atoms with E-state index in [1.165, 1.54) is 0 Å². The fourth-order valence-electron chi connectivity index (χ4n) is 4.69. The van der Waals surface area contributed by atoms with Crippen LogP contribution in [0.3, 0.4) is 0 Å². The number of benzene rings is 1. The molecule has 4 rings (SSSR count). The predicted octanol–water partition coefficient (Wildman–Crippen LogP) is 2.75. The molecule has 1 saturated heterocycles. The van der Waals surface area contributed by atoms with Gasteiger partial charge in [-0.3, -0.25) is 9.59 Å². The maximum absolute atomic E-state index is 13.1. The first-order chi connectivity index (χ1) is 15.6. The maximum atomic E-state index is 13.1. The number of carbonyl (C=O) groups is 2. The van der Waals surface area contributed by atoms with Gasteiger partial charge in [-0.25, -0.2) is 4.98 Å². The molecular weight excluding hydrogens is 404 g/mol. The number of imidazole rings is 1. The van der Waals surface area contributed by atoms with E-state index in [1.807, 2.05) is 46.9 Å². The van der Waals surface area contributed by atoms with E-state index in [4.69, 9.17) is 4.74 Å². The van der Waals surface area contributed by atoms with Gasteiger partial charge in [0.1, 0.15) is 18.1 Å². The molecule has 2 amide bonds. The number of hydrogen-bond acceptors (Lipinski definition) is 4. The van der Waals surface area contributed by atoms with Crippen molar-refractivity contribution in [2.45, 2.75) is 45.6 Å². The number of allylic oxidation sites excluding steroid dienone is 2. The molecule has 1 aromatic heterocycles. The Hall–Kier alpha value is -3.09. The van der Waals surface area contributed by atoms with Crippen LogP contribution in [0.25, 0.3) is 0 Å². The average Bonchev–Trinajstić information content (AvgIpc) is 3.26. The van der Waals surface area contributed by atoms with Gasteiger partial charge in [0, 0.05) is 43.9 Å². The van der Waals surface area contributed by atoms with E-state index in [0.717, 1.165) is 55.8 Å². The highest BCUT2D eigenvalue weighted by atomic mass is 16.5. The summed E-state index contributed by atoms with van der Waals surface area (Å²) in [7, 11) is 0. The zero-order valence-corrected chi connectivity index (χ0v) is 18.8.